The second-order valence-corrected chi connectivity index (χ2v) is 6.03. The van der Waals surface area contributed by atoms with E-state index < -0.39 is 39.7 Å². The molecule has 5 heteroatoms. The van der Waals surface area contributed by atoms with Crippen LogP contribution in [-0.2, 0) is 5.31 Å². The van der Waals surface area contributed by atoms with Crippen LogP contribution in [0.1, 0.15) is 51.7 Å². The van der Waals surface area contributed by atoms with Crippen molar-refractivity contribution < 1.29 is 17.6 Å². The van der Waals surface area contributed by atoms with Crippen molar-refractivity contribution in [3.05, 3.63) is 40.5 Å². The Kier molecular flexibility index (Phi) is 5.65. The molecule has 21 heavy (non-hydrogen) atoms. The highest BCUT2D eigenvalue weighted by Crippen LogP contribution is 2.34. The Morgan fingerprint density at radius 2 is 1.52 bits per heavy atom. The maximum atomic E-state index is 14.2. The molecular formula is C16H21BF4. The highest BCUT2D eigenvalue weighted by atomic mass is 19.2. The fraction of sp³-hybridized carbons (Fsp3) is 0.500. The number of rotatable bonds is 5. The standard InChI is InChI=1S/C16H21BF4/c1-5-9(3)7-8-10-12(18)14(20)11(15(21)13(10)19)16(4,17)6-2/h7-9H,5-6,17H2,1-4H3/b8-7+. The molecule has 0 nitrogen and oxygen atoms in total. The van der Waals surface area contributed by atoms with Crippen molar-refractivity contribution in [2.45, 2.75) is 45.9 Å². The highest BCUT2D eigenvalue weighted by Gasteiger charge is 2.32. The van der Waals surface area contributed by atoms with Crippen LogP contribution in [0.3, 0.4) is 0 Å². The van der Waals surface area contributed by atoms with Crippen molar-refractivity contribution >= 4 is 13.9 Å². The molecule has 2 unspecified atom stereocenters. The van der Waals surface area contributed by atoms with Crippen molar-refractivity contribution in [1.29, 1.82) is 0 Å². The zero-order chi connectivity index (χ0) is 16.4. The Morgan fingerprint density at radius 3 is 1.90 bits per heavy atom. The molecule has 0 saturated heterocycles. The van der Waals surface area contributed by atoms with Crippen LogP contribution < -0.4 is 0 Å². The van der Waals surface area contributed by atoms with Gasteiger partial charge in [-0.3, -0.25) is 0 Å². The fourth-order valence-electron chi connectivity index (χ4n) is 1.96. The molecule has 1 aromatic rings. The third-order valence-electron chi connectivity index (χ3n) is 4.09. The molecule has 0 aliphatic heterocycles. The zero-order valence-corrected chi connectivity index (χ0v) is 13.2. The van der Waals surface area contributed by atoms with Gasteiger partial charge in [-0.15, -0.1) is 0 Å². The number of hydrogen-bond donors (Lipinski definition) is 0. The van der Waals surface area contributed by atoms with Crippen LogP contribution in [0.15, 0.2) is 6.08 Å². The molecule has 0 aliphatic rings. The third-order valence-corrected chi connectivity index (χ3v) is 4.09. The van der Waals surface area contributed by atoms with Gasteiger partial charge >= 0.3 is 0 Å². The van der Waals surface area contributed by atoms with Crippen LogP contribution in [0.5, 0.6) is 0 Å². The van der Waals surface area contributed by atoms with Gasteiger partial charge < -0.3 is 0 Å². The quantitative estimate of drug-likeness (QED) is 0.425. The molecule has 0 aliphatic carbocycles. The lowest BCUT2D eigenvalue weighted by molar-refractivity contribution is 0.415. The summed E-state index contributed by atoms with van der Waals surface area (Å²) >= 11 is 0. The van der Waals surface area contributed by atoms with E-state index >= 15 is 0 Å². The minimum atomic E-state index is -1.33. The van der Waals surface area contributed by atoms with E-state index in [-0.39, 0.29) is 5.92 Å². The first-order chi connectivity index (χ1) is 9.67. The zero-order valence-electron chi connectivity index (χ0n) is 13.2. The molecule has 1 rings (SSSR count). The summed E-state index contributed by atoms with van der Waals surface area (Å²) in [7, 11) is 1.56. The van der Waals surface area contributed by atoms with Crippen molar-refractivity contribution in [1.82, 2.24) is 0 Å². The van der Waals surface area contributed by atoms with Gasteiger partial charge in [-0.2, -0.15) is 0 Å². The second-order valence-electron chi connectivity index (χ2n) is 6.03. The van der Waals surface area contributed by atoms with Crippen molar-refractivity contribution in [3.8, 4) is 0 Å². The highest BCUT2D eigenvalue weighted by molar-refractivity contribution is 6.15. The van der Waals surface area contributed by atoms with Crippen LogP contribution >= 0.6 is 0 Å². The Labute approximate surface area is 124 Å². The first-order valence-corrected chi connectivity index (χ1v) is 7.21. The molecule has 0 radical (unpaired) electrons. The lowest BCUT2D eigenvalue weighted by Crippen LogP contribution is -2.26. The lowest BCUT2D eigenvalue weighted by atomic mass is 9.63. The van der Waals surface area contributed by atoms with Gasteiger partial charge in [0.25, 0.3) is 0 Å². The van der Waals surface area contributed by atoms with E-state index in [1.807, 2.05) is 13.8 Å². The number of benzene rings is 1. The minimum Gasteiger partial charge on any atom is -0.203 e. The summed E-state index contributed by atoms with van der Waals surface area (Å²) in [6.45, 7) is 7.04. The van der Waals surface area contributed by atoms with Crippen LogP contribution in [0.2, 0.25) is 0 Å². The average Bonchev–Trinajstić information content (AvgIpc) is 2.44. The summed E-state index contributed by atoms with van der Waals surface area (Å²) in [6, 6.07) is 0. The normalized spacial score (nSPS) is 16.2. The van der Waals surface area contributed by atoms with Crippen molar-refractivity contribution in [2.75, 3.05) is 0 Å². The summed E-state index contributed by atoms with van der Waals surface area (Å²) in [5.41, 5.74) is -1.18. The van der Waals surface area contributed by atoms with E-state index in [4.69, 9.17) is 0 Å². The molecule has 0 N–H and O–H groups in total. The van der Waals surface area contributed by atoms with Crippen LogP contribution in [0.4, 0.5) is 17.6 Å². The van der Waals surface area contributed by atoms with Crippen molar-refractivity contribution in [2.24, 2.45) is 5.92 Å². The largest absolute Gasteiger partial charge is 0.203 e. The van der Waals surface area contributed by atoms with Crippen LogP contribution in [0, 0.1) is 29.2 Å². The molecule has 0 fully saturated rings. The Morgan fingerprint density at radius 1 is 1.05 bits per heavy atom. The number of allylic oxidation sites excluding steroid dienone is 1. The summed E-state index contributed by atoms with van der Waals surface area (Å²) in [4.78, 5) is 0. The third kappa shape index (κ3) is 3.50. The molecular weight excluding hydrogens is 279 g/mol. The number of hydrogen-bond acceptors (Lipinski definition) is 0. The summed E-state index contributed by atoms with van der Waals surface area (Å²) < 4.78 is 56.5. The first kappa shape index (κ1) is 17.8. The van der Waals surface area contributed by atoms with Crippen molar-refractivity contribution in [3.63, 3.8) is 0 Å². The van der Waals surface area contributed by atoms with Gasteiger partial charge in [0.2, 0.25) is 0 Å². The van der Waals surface area contributed by atoms with E-state index in [0.29, 0.717) is 6.42 Å². The monoisotopic (exact) mass is 300 g/mol. The van der Waals surface area contributed by atoms with E-state index in [1.165, 1.54) is 0 Å². The molecule has 2 atom stereocenters. The van der Waals surface area contributed by atoms with Gasteiger partial charge in [-0.25, -0.2) is 17.6 Å². The molecule has 1 aromatic carbocycles. The summed E-state index contributed by atoms with van der Waals surface area (Å²) in [5, 5.41) is -0.977. The van der Waals surface area contributed by atoms with Gasteiger partial charge in [-0.1, -0.05) is 52.7 Å². The molecule has 0 bridgehead atoms. The molecule has 0 amide bonds. The first-order valence-electron chi connectivity index (χ1n) is 7.21. The molecule has 0 heterocycles. The summed E-state index contributed by atoms with van der Waals surface area (Å²) in [5.74, 6) is -5.19. The van der Waals surface area contributed by atoms with Gasteiger partial charge in [0.05, 0.1) is 5.56 Å². The SMILES string of the molecule is BC(C)(CC)c1c(F)c(F)c(/C=C/C(C)CC)c(F)c1F. The lowest BCUT2D eigenvalue weighted by Gasteiger charge is -2.25. The Bertz CT molecular complexity index is 521. The van der Waals surface area contributed by atoms with Crippen LogP contribution in [-0.4, -0.2) is 7.85 Å². The second kappa shape index (κ2) is 6.67. The average molecular weight is 300 g/mol. The topological polar surface area (TPSA) is 0 Å². The van der Waals surface area contributed by atoms with Crippen LogP contribution in [0.25, 0.3) is 6.08 Å². The maximum Gasteiger partial charge on any atom is 0.169 e. The molecule has 0 aromatic heterocycles. The van der Waals surface area contributed by atoms with E-state index in [9.17, 15) is 17.6 Å². The van der Waals surface area contributed by atoms with Gasteiger partial charge in [0.15, 0.2) is 23.3 Å². The predicted octanol–water partition coefficient (Wildman–Crippen LogP) is 4.56. The maximum absolute atomic E-state index is 14.2. The minimum absolute atomic E-state index is 0.0710. The number of halogens is 4. The van der Waals surface area contributed by atoms with Gasteiger partial charge in [0.1, 0.15) is 7.85 Å². The summed E-state index contributed by atoms with van der Waals surface area (Å²) in [6.07, 6.45) is 3.80. The van der Waals surface area contributed by atoms with E-state index in [2.05, 4.69) is 0 Å². The fourth-order valence-corrected chi connectivity index (χ4v) is 1.96. The predicted molar refractivity (Wildman–Crippen MR) is 81.0 cm³/mol. The Balaban J connectivity index is 3.51. The molecule has 0 saturated carbocycles. The van der Waals surface area contributed by atoms with Gasteiger partial charge in [0, 0.05) is 5.56 Å². The van der Waals surface area contributed by atoms with E-state index in [1.54, 1.807) is 27.8 Å². The van der Waals surface area contributed by atoms with E-state index in [0.717, 1.165) is 12.5 Å². The molecule has 116 valence electrons. The molecule has 0 spiro atoms. The Hall–Kier alpha value is -1.26. The smallest absolute Gasteiger partial charge is 0.169 e. The van der Waals surface area contributed by atoms with Gasteiger partial charge in [-0.05, 0) is 11.2 Å².